The van der Waals surface area contributed by atoms with E-state index in [1.165, 1.54) is 24.4 Å². The van der Waals surface area contributed by atoms with Gasteiger partial charge in [0.25, 0.3) is 0 Å². The molecule has 4 nitrogen and oxygen atoms in total. The van der Waals surface area contributed by atoms with Crippen LogP contribution in [0.25, 0.3) is 0 Å². The Morgan fingerprint density at radius 3 is 2.78 bits per heavy atom. The molecular weight excluding hydrogens is 288 g/mol. The predicted octanol–water partition coefficient (Wildman–Crippen LogP) is 2.08. The summed E-state index contributed by atoms with van der Waals surface area (Å²) in [5.41, 5.74) is -0.0203. The van der Waals surface area contributed by atoms with Crippen molar-refractivity contribution in [2.75, 3.05) is 17.3 Å². The highest BCUT2D eigenvalue weighted by Gasteiger charge is 2.44. The number of sulfone groups is 1. The summed E-state index contributed by atoms with van der Waals surface area (Å²) >= 11 is 3.27. The monoisotopic (exact) mass is 304 g/mol. The van der Waals surface area contributed by atoms with Crippen molar-refractivity contribution in [1.29, 1.82) is 0 Å². The molecule has 1 saturated heterocycles. The molecule has 0 atom stereocenters. The van der Waals surface area contributed by atoms with Crippen molar-refractivity contribution in [2.45, 2.75) is 31.4 Å². The van der Waals surface area contributed by atoms with E-state index in [9.17, 15) is 8.42 Å². The minimum Gasteiger partial charge on any atom is -0.229 e. The standard InChI is InChI=1S/C11H16N2O2S3/c1-11(6-18(14,15)7-11)5-16-4-9-12-10(13-17-9)8-2-3-8/h8H,2-7H2,1H3. The van der Waals surface area contributed by atoms with Crippen molar-refractivity contribution in [3.8, 4) is 0 Å². The first-order valence-corrected chi connectivity index (χ1v) is 9.81. The van der Waals surface area contributed by atoms with Crippen molar-refractivity contribution < 1.29 is 8.42 Å². The summed E-state index contributed by atoms with van der Waals surface area (Å²) in [6.07, 6.45) is 2.47. The summed E-state index contributed by atoms with van der Waals surface area (Å²) in [7, 11) is -2.72. The van der Waals surface area contributed by atoms with Gasteiger partial charge < -0.3 is 0 Å². The van der Waals surface area contributed by atoms with Crippen molar-refractivity contribution in [2.24, 2.45) is 5.41 Å². The highest BCUT2D eigenvalue weighted by atomic mass is 32.2. The number of aromatic nitrogens is 2. The van der Waals surface area contributed by atoms with Crippen LogP contribution in [0.5, 0.6) is 0 Å². The molecule has 18 heavy (non-hydrogen) atoms. The van der Waals surface area contributed by atoms with Crippen molar-refractivity contribution in [3.05, 3.63) is 10.8 Å². The maximum Gasteiger partial charge on any atom is 0.151 e. The van der Waals surface area contributed by atoms with Gasteiger partial charge in [-0.1, -0.05) is 6.92 Å². The molecule has 0 N–H and O–H groups in total. The number of hydrogen-bond acceptors (Lipinski definition) is 6. The molecule has 0 bridgehead atoms. The molecule has 1 aromatic rings. The zero-order valence-electron chi connectivity index (χ0n) is 10.3. The predicted molar refractivity (Wildman–Crippen MR) is 74.8 cm³/mol. The van der Waals surface area contributed by atoms with E-state index in [4.69, 9.17) is 0 Å². The van der Waals surface area contributed by atoms with Crippen molar-refractivity contribution >= 4 is 33.1 Å². The molecular formula is C11H16N2O2S3. The van der Waals surface area contributed by atoms with Crippen LogP contribution in [0, 0.1) is 5.41 Å². The van der Waals surface area contributed by atoms with Gasteiger partial charge in [-0.3, -0.25) is 0 Å². The molecule has 0 radical (unpaired) electrons. The van der Waals surface area contributed by atoms with Crippen LogP contribution < -0.4 is 0 Å². The minimum absolute atomic E-state index is 0.0203. The van der Waals surface area contributed by atoms with Gasteiger partial charge >= 0.3 is 0 Å². The fourth-order valence-corrected chi connectivity index (χ4v) is 6.85. The Bertz CT molecular complexity index is 536. The summed E-state index contributed by atoms with van der Waals surface area (Å²) in [6, 6.07) is 0. The molecule has 3 rings (SSSR count). The molecule has 2 fully saturated rings. The number of rotatable bonds is 5. The molecule has 1 saturated carbocycles. The molecule has 0 amide bonds. The molecule has 7 heteroatoms. The smallest absolute Gasteiger partial charge is 0.151 e. The van der Waals surface area contributed by atoms with Crippen molar-refractivity contribution in [1.82, 2.24) is 9.36 Å². The van der Waals surface area contributed by atoms with E-state index in [2.05, 4.69) is 16.3 Å². The zero-order chi connectivity index (χ0) is 12.8. The first-order valence-electron chi connectivity index (χ1n) is 6.06. The van der Waals surface area contributed by atoms with Gasteiger partial charge in [0.05, 0.1) is 11.5 Å². The Morgan fingerprint density at radius 1 is 1.44 bits per heavy atom. The number of hydrogen-bond donors (Lipinski definition) is 0. The van der Waals surface area contributed by atoms with Crippen LogP contribution in [-0.2, 0) is 15.6 Å². The topological polar surface area (TPSA) is 59.9 Å². The van der Waals surface area contributed by atoms with Crippen molar-refractivity contribution in [3.63, 3.8) is 0 Å². The van der Waals surface area contributed by atoms with Crippen LogP contribution >= 0.6 is 23.3 Å². The van der Waals surface area contributed by atoms with E-state index in [0.29, 0.717) is 17.4 Å². The summed E-state index contributed by atoms with van der Waals surface area (Å²) in [4.78, 5) is 4.53. The zero-order valence-corrected chi connectivity index (χ0v) is 12.7. The Kier molecular flexibility index (Phi) is 3.18. The van der Waals surface area contributed by atoms with E-state index < -0.39 is 9.84 Å². The van der Waals surface area contributed by atoms with Gasteiger partial charge in [-0.25, -0.2) is 13.4 Å². The van der Waals surface area contributed by atoms with Crippen LogP contribution in [0.2, 0.25) is 0 Å². The lowest BCUT2D eigenvalue weighted by molar-refractivity contribution is 0.420. The van der Waals surface area contributed by atoms with Gasteiger partial charge in [-0.15, -0.1) is 0 Å². The van der Waals surface area contributed by atoms with Crippen LogP contribution in [0.4, 0.5) is 0 Å². The SMILES string of the molecule is CC1(CSCc2nc(C3CC3)ns2)CS(=O)(=O)C1. The van der Waals surface area contributed by atoms with E-state index in [0.717, 1.165) is 22.3 Å². The van der Waals surface area contributed by atoms with Crippen LogP contribution in [-0.4, -0.2) is 35.0 Å². The molecule has 1 aliphatic heterocycles. The van der Waals surface area contributed by atoms with E-state index in [-0.39, 0.29) is 5.41 Å². The highest BCUT2D eigenvalue weighted by molar-refractivity contribution is 7.99. The summed E-state index contributed by atoms with van der Waals surface area (Å²) < 4.78 is 26.8. The molecule has 0 spiro atoms. The average Bonchev–Trinajstić information content (AvgIpc) is 2.97. The Hall–Kier alpha value is -0.140. The largest absolute Gasteiger partial charge is 0.229 e. The third kappa shape index (κ3) is 2.88. The normalized spacial score (nSPS) is 24.7. The fraction of sp³-hybridized carbons (Fsp3) is 0.818. The number of thioether (sulfide) groups is 1. The second kappa shape index (κ2) is 4.45. The second-order valence-electron chi connectivity index (χ2n) is 5.66. The molecule has 1 aliphatic carbocycles. The third-order valence-electron chi connectivity index (χ3n) is 3.24. The molecule has 1 aromatic heterocycles. The molecule has 2 heterocycles. The van der Waals surface area contributed by atoms with Crippen LogP contribution in [0.3, 0.4) is 0 Å². The van der Waals surface area contributed by atoms with E-state index >= 15 is 0 Å². The van der Waals surface area contributed by atoms with Gasteiger partial charge in [-0.05, 0) is 24.4 Å². The molecule has 100 valence electrons. The average molecular weight is 304 g/mol. The van der Waals surface area contributed by atoms with Crippen LogP contribution in [0.15, 0.2) is 0 Å². The highest BCUT2D eigenvalue weighted by Crippen LogP contribution is 2.39. The first-order chi connectivity index (χ1) is 8.46. The molecule has 2 aliphatic rings. The lowest BCUT2D eigenvalue weighted by Gasteiger charge is -2.37. The second-order valence-corrected chi connectivity index (χ2v) is 9.54. The maximum atomic E-state index is 11.2. The maximum absolute atomic E-state index is 11.2. The summed E-state index contributed by atoms with van der Waals surface area (Å²) in [5.74, 6) is 4.08. The van der Waals surface area contributed by atoms with Gasteiger partial charge in [-0.2, -0.15) is 16.1 Å². The third-order valence-corrected chi connectivity index (χ3v) is 7.80. The van der Waals surface area contributed by atoms with Gasteiger partial charge in [0, 0.05) is 22.8 Å². The fourth-order valence-electron chi connectivity index (χ4n) is 2.32. The van der Waals surface area contributed by atoms with E-state index in [1.807, 2.05) is 0 Å². The Labute approximate surface area is 116 Å². The Morgan fingerprint density at radius 2 is 2.17 bits per heavy atom. The minimum atomic E-state index is -2.72. The van der Waals surface area contributed by atoms with E-state index in [1.54, 1.807) is 11.8 Å². The summed E-state index contributed by atoms with van der Waals surface area (Å²) in [6.45, 7) is 2.05. The summed E-state index contributed by atoms with van der Waals surface area (Å²) in [5, 5.41) is 1.08. The van der Waals surface area contributed by atoms with Gasteiger partial charge in [0.2, 0.25) is 0 Å². The Balaban J connectivity index is 1.46. The molecule has 0 unspecified atom stereocenters. The lowest BCUT2D eigenvalue weighted by atomic mass is 9.98. The first kappa shape index (κ1) is 12.9. The lowest BCUT2D eigenvalue weighted by Crippen LogP contribution is -2.47. The van der Waals surface area contributed by atoms with Gasteiger partial charge in [0.1, 0.15) is 10.8 Å². The van der Waals surface area contributed by atoms with Gasteiger partial charge in [0.15, 0.2) is 9.84 Å². The number of nitrogens with zero attached hydrogens (tertiary/aromatic N) is 2. The van der Waals surface area contributed by atoms with Crippen LogP contribution in [0.1, 0.15) is 36.5 Å². The quantitative estimate of drug-likeness (QED) is 0.833. The molecule has 0 aromatic carbocycles.